The molecule has 2 rings (SSSR count). The fourth-order valence-corrected chi connectivity index (χ4v) is 3.98. The van der Waals surface area contributed by atoms with Crippen LogP contribution in [0.3, 0.4) is 0 Å². The van der Waals surface area contributed by atoms with Gasteiger partial charge in [0.1, 0.15) is 0 Å². The Kier molecular flexibility index (Phi) is 6.66. The molecule has 1 N–H and O–H groups in total. The lowest BCUT2D eigenvalue weighted by Crippen LogP contribution is -2.42. The Labute approximate surface area is 120 Å². The van der Waals surface area contributed by atoms with Crippen molar-refractivity contribution in [3.63, 3.8) is 0 Å². The van der Waals surface area contributed by atoms with Gasteiger partial charge < -0.3 is 10.2 Å². The summed E-state index contributed by atoms with van der Waals surface area (Å²) in [6, 6.07) is 0.801. The Bertz CT molecular complexity index is 233. The first-order chi connectivity index (χ1) is 9.27. The molecular weight excluding hydrogens is 232 g/mol. The number of likely N-dealkylation sites (tertiary alicyclic amines) is 1. The summed E-state index contributed by atoms with van der Waals surface area (Å²) in [7, 11) is 0. The molecule has 0 aromatic rings. The average molecular weight is 266 g/mol. The lowest BCUT2D eigenvalue weighted by atomic mass is 9.78. The molecule has 2 aliphatic rings. The highest BCUT2D eigenvalue weighted by Crippen LogP contribution is 2.30. The van der Waals surface area contributed by atoms with Crippen molar-refractivity contribution in [3.8, 4) is 0 Å². The zero-order valence-electron chi connectivity index (χ0n) is 13.2. The quantitative estimate of drug-likeness (QED) is 0.738. The zero-order valence-corrected chi connectivity index (χ0v) is 13.2. The van der Waals surface area contributed by atoms with Crippen LogP contribution in [0.1, 0.15) is 65.2 Å². The first-order valence-corrected chi connectivity index (χ1v) is 8.73. The summed E-state index contributed by atoms with van der Waals surface area (Å²) < 4.78 is 0. The standard InChI is InChI=1S/C17H34N2/c1-15(2)16-9-4-5-10-17(16)18-11-8-14-19-12-6-3-7-13-19/h15-18H,3-14H2,1-2H3. The van der Waals surface area contributed by atoms with Crippen molar-refractivity contribution in [3.05, 3.63) is 0 Å². The third kappa shape index (κ3) is 5.07. The Hall–Kier alpha value is -0.0800. The highest BCUT2D eigenvalue weighted by atomic mass is 15.1. The number of hydrogen-bond donors (Lipinski definition) is 1. The van der Waals surface area contributed by atoms with Crippen LogP contribution in [0, 0.1) is 11.8 Å². The summed E-state index contributed by atoms with van der Waals surface area (Å²) in [5.74, 6) is 1.77. The molecular formula is C17H34N2. The summed E-state index contributed by atoms with van der Waals surface area (Å²) in [6.07, 6.45) is 11.4. The molecule has 0 spiro atoms. The summed E-state index contributed by atoms with van der Waals surface area (Å²) in [4.78, 5) is 2.66. The second kappa shape index (κ2) is 8.26. The average Bonchev–Trinajstić information content (AvgIpc) is 2.45. The van der Waals surface area contributed by atoms with E-state index in [1.54, 1.807) is 0 Å². The maximum absolute atomic E-state index is 3.87. The molecule has 0 aromatic heterocycles. The van der Waals surface area contributed by atoms with E-state index in [-0.39, 0.29) is 0 Å². The molecule has 1 aliphatic carbocycles. The number of rotatable bonds is 6. The fourth-order valence-electron chi connectivity index (χ4n) is 3.98. The topological polar surface area (TPSA) is 15.3 Å². The normalized spacial score (nSPS) is 29.8. The van der Waals surface area contributed by atoms with Crippen LogP contribution in [0.15, 0.2) is 0 Å². The maximum Gasteiger partial charge on any atom is 0.00977 e. The van der Waals surface area contributed by atoms with Crippen LogP contribution in [0.2, 0.25) is 0 Å². The van der Waals surface area contributed by atoms with Crippen molar-refractivity contribution in [1.29, 1.82) is 0 Å². The van der Waals surface area contributed by atoms with Gasteiger partial charge in [0.05, 0.1) is 0 Å². The second-order valence-corrected chi connectivity index (χ2v) is 7.01. The molecule has 1 heterocycles. The molecule has 0 bridgehead atoms. The van der Waals surface area contributed by atoms with Crippen molar-refractivity contribution < 1.29 is 0 Å². The second-order valence-electron chi connectivity index (χ2n) is 7.01. The minimum Gasteiger partial charge on any atom is -0.314 e. The third-order valence-corrected chi connectivity index (χ3v) is 5.18. The zero-order chi connectivity index (χ0) is 13.5. The summed E-state index contributed by atoms with van der Waals surface area (Å²) in [6.45, 7) is 10.0. The van der Waals surface area contributed by atoms with Gasteiger partial charge in [-0.05, 0) is 70.1 Å². The third-order valence-electron chi connectivity index (χ3n) is 5.18. The largest absolute Gasteiger partial charge is 0.314 e. The number of nitrogens with zero attached hydrogens (tertiary/aromatic N) is 1. The van der Waals surface area contributed by atoms with Gasteiger partial charge in [0.15, 0.2) is 0 Å². The Morgan fingerprint density at radius 1 is 1.00 bits per heavy atom. The molecule has 1 aliphatic heterocycles. The lowest BCUT2D eigenvalue weighted by molar-refractivity contribution is 0.196. The molecule has 112 valence electrons. The summed E-state index contributed by atoms with van der Waals surface area (Å²) >= 11 is 0. The van der Waals surface area contributed by atoms with Crippen molar-refractivity contribution >= 4 is 0 Å². The maximum atomic E-state index is 3.87. The van der Waals surface area contributed by atoms with Crippen molar-refractivity contribution in [2.24, 2.45) is 11.8 Å². The molecule has 2 atom stereocenters. The van der Waals surface area contributed by atoms with E-state index in [0.29, 0.717) is 0 Å². The van der Waals surface area contributed by atoms with Gasteiger partial charge in [0.2, 0.25) is 0 Å². The molecule has 0 aromatic carbocycles. The number of hydrogen-bond acceptors (Lipinski definition) is 2. The van der Waals surface area contributed by atoms with E-state index < -0.39 is 0 Å². The van der Waals surface area contributed by atoms with E-state index in [1.165, 1.54) is 77.5 Å². The Balaban J connectivity index is 1.60. The van der Waals surface area contributed by atoms with Crippen molar-refractivity contribution in [2.75, 3.05) is 26.2 Å². The predicted molar refractivity (Wildman–Crippen MR) is 83.5 cm³/mol. The van der Waals surface area contributed by atoms with Gasteiger partial charge in [-0.3, -0.25) is 0 Å². The van der Waals surface area contributed by atoms with Crippen LogP contribution in [0.4, 0.5) is 0 Å². The molecule has 19 heavy (non-hydrogen) atoms. The van der Waals surface area contributed by atoms with E-state index in [9.17, 15) is 0 Å². The molecule has 1 saturated heterocycles. The van der Waals surface area contributed by atoms with E-state index in [2.05, 4.69) is 24.1 Å². The van der Waals surface area contributed by atoms with E-state index in [4.69, 9.17) is 0 Å². The Morgan fingerprint density at radius 3 is 2.47 bits per heavy atom. The van der Waals surface area contributed by atoms with Crippen LogP contribution >= 0.6 is 0 Å². The van der Waals surface area contributed by atoms with Crippen LogP contribution < -0.4 is 5.32 Å². The predicted octanol–water partition coefficient (Wildman–Crippen LogP) is 3.67. The van der Waals surface area contributed by atoms with Crippen LogP contribution in [0.5, 0.6) is 0 Å². The lowest BCUT2D eigenvalue weighted by Gasteiger charge is -2.35. The highest BCUT2D eigenvalue weighted by molar-refractivity contribution is 4.82. The minimum atomic E-state index is 0.801. The van der Waals surface area contributed by atoms with E-state index in [1.807, 2.05) is 0 Å². The molecule has 0 radical (unpaired) electrons. The van der Waals surface area contributed by atoms with Crippen molar-refractivity contribution in [1.82, 2.24) is 10.2 Å². The van der Waals surface area contributed by atoms with Gasteiger partial charge in [-0.1, -0.05) is 33.1 Å². The fraction of sp³-hybridized carbons (Fsp3) is 1.00. The van der Waals surface area contributed by atoms with Gasteiger partial charge in [-0.2, -0.15) is 0 Å². The molecule has 2 fully saturated rings. The minimum absolute atomic E-state index is 0.801. The van der Waals surface area contributed by atoms with Gasteiger partial charge >= 0.3 is 0 Å². The molecule has 0 amide bonds. The molecule has 2 unspecified atom stereocenters. The molecule has 2 nitrogen and oxygen atoms in total. The van der Waals surface area contributed by atoms with Crippen LogP contribution in [0.25, 0.3) is 0 Å². The summed E-state index contributed by atoms with van der Waals surface area (Å²) in [5, 5.41) is 3.87. The highest BCUT2D eigenvalue weighted by Gasteiger charge is 2.26. The summed E-state index contributed by atoms with van der Waals surface area (Å²) in [5.41, 5.74) is 0. The number of nitrogens with one attached hydrogen (secondary N) is 1. The van der Waals surface area contributed by atoms with Gasteiger partial charge in [-0.25, -0.2) is 0 Å². The molecule has 1 saturated carbocycles. The monoisotopic (exact) mass is 266 g/mol. The first-order valence-electron chi connectivity index (χ1n) is 8.73. The van der Waals surface area contributed by atoms with Crippen molar-refractivity contribution in [2.45, 2.75) is 71.3 Å². The van der Waals surface area contributed by atoms with Crippen LogP contribution in [-0.2, 0) is 0 Å². The number of piperidine rings is 1. The van der Waals surface area contributed by atoms with E-state index in [0.717, 1.165) is 17.9 Å². The Morgan fingerprint density at radius 2 is 1.74 bits per heavy atom. The van der Waals surface area contributed by atoms with Gasteiger partial charge in [0.25, 0.3) is 0 Å². The molecule has 2 heteroatoms. The van der Waals surface area contributed by atoms with Gasteiger partial charge in [0, 0.05) is 6.04 Å². The van der Waals surface area contributed by atoms with E-state index >= 15 is 0 Å². The van der Waals surface area contributed by atoms with Gasteiger partial charge in [-0.15, -0.1) is 0 Å². The smallest absolute Gasteiger partial charge is 0.00977 e. The first kappa shape index (κ1) is 15.3. The van der Waals surface area contributed by atoms with Crippen LogP contribution in [-0.4, -0.2) is 37.1 Å². The SMILES string of the molecule is CC(C)C1CCCCC1NCCCN1CCCCC1.